The van der Waals surface area contributed by atoms with Crippen LogP contribution in [0.1, 0.15) is 44.5 Å². The van der Waals surface area contributed by atoms with Gasteiger partial charge in [-0.1, -0.05) is 6.07 Å². The van der Waals surface area contributed by atoms with Crippen LogP contribution in [0.25, 0.3) is 5.65 Å². The van der Waals surface area contributed by atoms with E-state index in [1.807, 2.05) is 28.5 Å². The lowest BCUT2D eigenvalue weighted by Crippen LogP contribution is -2.39. The minimum Gasteiger partial charge on any atom is -0.345 e. The summed E-state index contributed by atoms with van der Waals surface area (Å²) in [5.41, 5.74) is 2.04. The van der Waals surface area contributed by atoms with Crippen molar-refractivity contribution in [2.24, 2.45) is 0 Å². The molecule has 0 unspecified atom stereocenters. The van der Waals surface area contributed by atoms with Crippen LogP contribution in [0.4, 0.5) is 0 Å². The van der Waals surface area contributed by atoms with E-state index < -0.39 is 0 Å². The van der Waals surface area contributed by atoms with E-state index in [0.717, 1.165) is 30.0 Å². The molecule has 0 saturated carbocycles. The molecule has 1 fully saturated rings. The number of hydrogen-bond donors (Lipinski definition) is 0. The number of piperidine rings is 1. The third-order valence-corrected chi connectivity index (χ3v) is 5.78. The lowest BCUT2D eigenvalue weighted by molar-refractivity contribution is 0.0710. The summed E-state index contributed by atoms with van der Waals surface area (Å²) in [6, 6.07) is 5.71. The second kappa shape index (κ2) is 7.11. The van der Waals surface area contributed by atoms with Crippen molar-refractivity contribution in [3.05, 3.63) is 52.1 Å². The van der Waals surface area contributed by atoms with Gasteiger partial charge in [0.05, 0.1) is 16.8 Å². The molecule has 4 heterocycles. The first kappa shape index (κ1) is 17.7. The molecular formula is C19H21N5O2S. The molecule has 3 aromatic heterocycles. The normalized spacial score (nSPS) is 17.3. The van der Waals surface area contributed by atoms with Gasteiger partial charge in [0.2, 0.25) is 0 Å². The van der Waals surface area contributed by atoms with E-state index >= 15 is 0 Å². The zero-order chi connectivity index (χ0) is 19.0. The Labute approximate surface area is 161 Å². The summed E-state index contributed by atoms with van der Waals surface area (Å²) in [5.74, 6) is 0.132. The number of likely N-dealkylation sites (tertiary alicyclic amines) is 1. The van der Waals surface area contributed by atoms with Gasteiger partial charge in [0.1, 0.15) is 5.56 Å². The third-order valence-electron chi connectivity index (χ3n) is 4.93. The molecule has 1 aliphatic rings. The minimum atomic E-state index is -0.118. The van der Waals surface area contributed by atoms with E-state index in [1.54, 1.807) is 31.0 Å². The number of rotatable bonds is 3. The van der Waals surface area contributed by atoms with Gasteiger partial charge < -0.3 is 9.80 Å². The van der Waals surface area contributed by atoms with Gasteiger partial charge in [-0.2, -0.15) is 5.10 Å². The average Bonchev–Trinajstić information content (AvgIpc) is 3.36. The molecular weight excluding hydrogens is 362 g/mol. The predicted octanol–water partition coefficient (Wildman–Crippen LogP) is 2.51. The Balaban J connectivity index is 1.64. The van der Waals surface area contributed by atoms with Crippen LogP contribution < -0.4 is 0 Å². The standard InChI is InChI=1S/C19H21N5O2S/c1-22(2)18(25)14-11-21-24-15(7-8-20-17(14)24)13-5-3-9-23(12-13)19(26)16-6-4-10-27-16/h4,6-8,10-11,13H,3,5,9,12H2,1-2H3/t13-/m0/s1. The lowest BCUT2D eigenvalue weighted by atomic mass is 9.94. The maximum Gasteiger partial charge on any atom is 0.263 e. The monoisotopic (exact) mass is 383 g/mol. The number of carbonyl (C=O) groups excluding carboxylic acids is 2. The van der Waals surface area contributed by atoms with Gasteiger partial charge in [0.15, 0.2) is 5.65 Å². The number of hydrogen-bond acceptors (Lipinski definition) is 5. The van der Waals surface area contributed by atoms with Crippen LogP contribution >= 0.6 is 11.3 Å². The number of thiophene rings is 1. The summed E-state index contributed by atoms with van der Waals surface area (Å²) in [5, 5.41) is 6.35. The molecule has 8 heteroatoms. The van der Waals surface area contributed by atoms with Crippen molar-refractivity contribution in [3.8, 4) is 0 Å². The summed E-state index contributed by atoms with van der Waals surface area (Å²) in [6.07, 6.45) is 5.21. The molecule has 4 rings (SSSR count). The number of aromatic nitrogens is 3. The highest BCUT2D eigenvalue weighted by atomic mass is 32.1. The first-order valence-electron chi connectivity index (χ1n) is 8.93. The summed E-state index contributed by atoms with van der Waals surface area (Å²) < 4.78 is 1.75. The Kier molecular flexibility index (Phi) is 4.65. The van der Waals surface area contributed by atoms with Gasteiger partial charge >= 0.3 is 0 Å². The largest absolute Gasteiger partial charge is 0.345 e. The molecule has 0 N–H and O–H groups in total. The first-order chi connectivity index (χ1) is 13.1. The second-order valence-electron chi connectivity index (χ2n) is 6.93. The Morgan fingerprint density at radius 2 is 2.15 bits per heavy atom. The maximum absolute atomic E-state index is 12.7. The summed E-state index contributed by atoms with van der Waals surface area (Å²) in [4.78, 5) is 33.7. The average molecular weight is 383 g/mol. The molecule has 0 aliphatic carbocycles. The van der Waals surface area contributed by atoms with Crippen LogP contribution in [0, 0.1) is 0 Å². The Hall–Kier alpha value is -2.74. The molecule has 1 atom stereocenters. The topological polar surface area (TPSA) is 70.8 Å². The Morgan fingerprint density at radius 1 is 1.30 bits per heavy atom. The van der Waals surface area contributed by atoms with Crippen molar-refractivity contribution < 1.29 is 9.59 Å². The van der Waals surface area contributed by atoms with Gasteiger partial charge in [0.25, 0.3) is 11.8 Å². The fourth-order valence-corrected chi connectivity index (χ4v) is 4.26. The minimum absolute atomic E-state index is 0.0870. The van der Waals surface area contributed by atoms with Crippen molar-refractivity contribution in [1.82, 2.24) is 24.4 Å². The molecule has 2 amide bonds. The van der Waals surface area contributed by atoms with Crippen molar-refractivity contribution in [3.63, 3.8) is 0 Å². The smallest absolute Gasteiger partial charge is 0.263 e. The molecule has 0 radical (unpaired) electrons. The van der Waals surface area contributed by atoms with Crippen molar-refractivity contribution in [1.29, 1.82) is 0 Å². The zero-order valence-electron chi connectivity index (χ0n) is 15.3. The number of nitrogens with zero attached hydrogens (tertiary/aromatic N) is 5. The van der Waals surface area contributed by atoms with Crippen LogP contribution in [-0.2, 0) is 0 Å². The van der Waals surface area contributed by atoms with E-state index in [4.69, 9.17) is 0 Å². The first-order valence-corrected chi connectivity index (χ1v) is 9.81. The highest BCUT2D eigenvalue weighted by molar-refractivity contribution is 7.12. The summed E-state index contributed by atoms with van der Waals surface area (Å²) in [6.45, 7) is 1.41. The van der Waals surface area contributed by atoms with Gasteiger partial charge in [-0.15, -0.1) is 11.3 Å². The van der Waals surface area contributed by atoms with Crippen molar-refractivity contribution >= 4 is 28.8 Å². The van der Waals surface area contributed by atoms with Crippen LogP contribution in [0.3, 0.4) is 0 Å². The van der Waals surface area contributed by atoms with E-state index in [9.17, 15) is 9.59 Å². The molecule has 1 aliphatic heterocycles. The van der Waals surface area contributed by atoms with E-state index in [-0.39, 0.29) is 17.7 Å². The molecule has 0 bridgehead atoms. The Morgan fingerprint density at radius 3 is 2.89 bits per heavy atom. The van der Waals surface area contributed by atoms with Crippen molar-refractivity contribution in [2.75, 3.05) is 27.2 Å². The van der Waals surface area contributed by atoms with Gasteiger partial charge in [-0.3, -0.25) is 9.59 Å². The van der Waals surface area contributed by atoms with Gasteiger partial charge in [-0.25, -0.2) is 9.50 Å². The van der Waals surface area contributed by atoms with Crippen LogP contribution in [0.15, 0.2) is 36.0 Å². The molecule has 0 spiro atoms. The molecule has 7 nitrogen and oxygen atoms in total. The maximum atomic E-state index is 12.7. The van der Waals surface area contributed by atoms with Gasteiger partial charge in [-0.05, 0) is 30.4 Å². The zero-order valence-corrected chi connectivity index (χ0v) is 16.1. The van der Waals surface area contributed by atoms with Crippen LogP contribution in [-0.4, -0.2) is 63.4 Å². The van der Waals surface area contributed by atoms with Crippen LogP contribution in [0.5, 0.6) is 0 Å². The highest BCUT2D eigenvalue weighted by Gasteiger charge is 2.28. The fraction of sp³-hybridized carbons (Fsp3) is 0.368. The van der Waals surface area contributed by atoms with E-state index in [0.29, 0.717) is 17.8 Å². The van der Waals surface area contributed by atoms with Crippen molar-refractivity contribution in [2.45, 2.75) is 18.8 Å². The quantitative estimate of drug-likeness (QED) is 0.697. The molecule has 0 aromatic carbocycles. The Bertz CT molecular complexity index is 979. The predicted molar refractivity (Wildman–Crippen MR) is 103 cm³/mol. The molecule has 3 aromatic rings. The molecule has 140 valence electrons. The number of carbonyl (C=O) groups is 2. The number of fused-ring (bicyclic) bond motifs is 1. The third kappa shape index (κ3) is 3.21. The second-order valence-corrected chi connectivity index (χ2v) is 7.88. The fourth-order valence-electron chi connectivity index (χ4n) is 3.57. The molecule has 1 saturated heterocycles. The van der Waals surface area contributed by atoms with E-state index in [2.05, 4.69) is 10.1 Å². The van der Waals surface area contributed by atoms with E-state index in [1.165, 1.54) is 16.2 Å². The summed E-state index contributed by atoms with van der Waals surface area (Å²) >= 11 is 1.47. The molecule has 27 heavy (non-hydrogen) atoms. The number of amides is 2. The van der Waals surface area contributed by atoms with Crippen LogP contribution in [0.2, 0.25) is 0 Å². The highest BCUT2D eigenvalue weighted by Crippen LogP contribution is 2.29. The SMILES string of the molecule is CN(C)C(=O)c1cnn2c([C@H]3CCCN(C(=O)c4cccs4)C3)ccnc12. The lowest BCUT2D eigenvalue weighted by Gasteiger charge is -2.32. The van der Waals surface area contributed by atoms with Gasteiger partial charge in [0, 0.05) is 39.3 Å². The summed E-state index contributed by atoms with van der Waals surface area (Å²) in [7, 11) is 3.43.